The normalized spacial score (nSPS) is 25.2. The zero-order chi connectivity index (χ0) is 42.0. The summed E-state index contributed by atoms with van der Waals surface area (Å²) in [5, 5.41) is 16.2. The van der Waals surface area contributed by atoms with Gasteiger partial charge in [-0.15, -0.1) is 10.2 Å². The number of anilines is 2. The van der Waals surface area contributed by atoms with Crippen LogP contribution >= 0.6 is 0 Å². The van der Waals surface area contributed by atoms with Crippen molar-refractivity contribution in [1.82, 2.24) is 30.0 Å². The van der Waals surface area contributed by atoms with E-state index in [1.54, 1.807) is 25.1 Å². The molecule has 0 radical (unpaired) electrons. The van der Waals surface area contributed by atoms with Crippen molar-refractivity contribution in [3.05, 3.63) is 82.4 Å². The van der Waals surface area contributed by atoms with E-state index in [1.165, 1.54) is 57.8 Å². The number of hydrogen-bond donors (Lipinski definition) is 0. The molecule has 61 heavy (non-hydrogen) atoms. The van der Waals surface area contributed by atoms with Crippen LogP contribution in [0.4, 0.5) is 20.2 Å². The summed E-state index contributed by atoms with van der Waals surface area (Å²) in [4.78, 5) is 29.1. The van der Waals surface area contributed by atoms with Gasteiger partial charge in [0.15, 0.2) is 24.0 Å². The number of aromatic nitrogens is 6. The van der Waals surface area contributed by atoms with Crippen LogP contribution < -0.4 is 9.80 Å². The fraction of sp³-hybridized carbons (Fsp3) is 0.511. The van der Waals surface area contributed by atoms with Crippen LogP contribution in [0.15, 0.2) is 42.7 Å². The van der Waals surface area contributed by atoms with Crippen molar-refractivity contribution in [2.45, 2.75) is 71.1 Å². The van der Waals surface area contributed by atoms with Gasteiger partial charge in [0.1, 0.15) is 11.6 Å². The van der Waals surface area contributed by atoms with E-state index in [-0.39, 0.29) is 45.4 Å². The van der Waals surface area contributed by atoms with Gasteiger partial charge in [-0.25, -0.2) is 18.1 Å². The molecule has 2 saturated heterocycles. The first kappa shape index (κ1) is 39.6. The van der Waals surface area contributed by atoms with E-state index < -0.39 is 36.0 Å². The zero-order valence-corrected chi connectivity index (χ0v) is 34.3. The summed E-state index contributed by atoms with van der Waals surface area (Å²) in [5.41, 5.74) is 2.49. The van der Waals surface area contributed by atoms with Crippen molar-refractivity contribution >= 4 is 23.2 Å². The smallest absolute Gasteiger partial charge is 0.280 e. The number of hydrogen-bond acceptors (Lipinski definition) is 10. The Kier molecular flexibility index (Phi) is 10.0. The van der Waals surface area contributed by atoms with Crippen LogP contribution in [-0.4, -0.2) is 94.9 Å². The largest absolute Gasteiger partial charge is 0.350 e. The van der Waals surface area contributed by atoms with Crippen molar-refractivity contribution in [3.8, 4) is 23.7 Å². The fourth-order valence-electron chi connectivity index (χ4n) is 8.37. The predicted octanol–water partition coefficient (Wildman–Crippen LogP) is 4.99. The summed E-state index contributed by atoms with van der Waals surface area (Å²) in [5.74, 6) is 12.1. The predicted molar refractivity (Wildman–Crippen MR) is 215 cm³/mol. The first-order valence-electron chi connectivity index (χ1n) is 20.9. The van der Waals surface area contributed by atoms with E-state index >= 15 is 8.78 Å². The first-order chi connectivity index (χ1) is 29.4. The van der Waals surface area contributed by atoms with E-state index in [0.717, 1.165) is 38.5 Å². The average molecular weight is 833 g/mol. The van der Waals surface area contributed by atoms with Gasteiger partial charge in [0.05, 0.1) is 63.3 Å². The Bertz CT molecular complexity index is 2480. The molecule has 2 aromatic carbocycles. The Morgan fingerprint density at radius 2 is 1.23 bits per heavy atom. The van der Waals surface area contributed by atoms with Gasteiger partial charge in [-0.3, -0.25) is 9.59 Å². The summed E-state index contributed by atoms with van der Waals surface area (Å²) < 4.78 is 56.9. The highest BCUT2D eigenvalue weighted by molar-refractivity contribution is 6.05. The molecule has 4 heterocycles. The third-order valence-corrected chi connectivity index (χ3v) is 12.9. The van der Waals surface area contributed by atoms with E-state index in [1.807, 2.05) is 0 Å². The van der Waals surface area contributed by atoms with Crippen LogP contribution in [-0.2, 0) is 32.0 Å². The van der Waals surface area contributed by atoms with Crippen LogP contribution in [0.25, 0.3) is 0 Å². The maximum Gasteiger partial charge on any atom is 0.280 e. The number of carbonyl (C=O) groups is 2. The minimum atomic E-state index is -0.551. The second-order valence-corrected chi connectivity index (χ2v) is 17.8. The second-order valence-electron chi connectivity index (χ2n) is 17.8. The van der Waals surface area contributed by atoms with Gasteiger partial charge in [-0.2, -0.15) is 0 Å². The van der Waals surface area contributed by atoms with Crippen LogP contribution in [0.3, 0.4) is 0 Å². The molecule has 4 unspecified atom stereocenters. The Morgan fingerprint density at radius 1 is 0.721 bits per heavy atom. The molecule has 4 aliphatic carbocycles. The van der Waals surface area contributed by atoms with Crippen molar-refractivity contribution < 1.29 is 37.3 Å². The lowest BCUT2D eigenvalue weighted by molar-refractivity contribution is -0.213. The van der Waals surface area contributed by atoms with Gasteiger partial charge < -0.3 is 28.7 Å². The molecule has 2 aromatic heterocycles. The van der Waals surface area contributed by atoms with Gasteiger partial charge >= 0.3 is 0 Å². The molecule has 6 fully saturated rings. The van der Waals surface area contributed by atoms with Gasteiger partial charge in [-0.1, -0.05) is 34.1 Å². The summed E-state index contributed by atoms with van der Waals surface area (Å²) in [6.07, 6.45) is 8.51. The lowest BCUT2D eigenvalue weighted by Gasteiger charge is -2.29. The third-order valence-electron chi connectivity index (χ3n) is 12.9. The Morgan fingerprint density at radius 3 is 1.74 bits per heavy atom. The van der Waals surface area contributed by atoms with Crippen molar-refractivity contribution in [2.75, 3.05) is 50.3 Å². The molecule has 4 atom stereocenters. The lowest BCUT2D eigenvalue weighted by atomic mass is 10.1. The van der Waals surface area contributed by atoms with Gasteiger partial charge in [0.2, 0.25) is 0 Å². The molecule has 14 nitrogen and oxygen atoms in total. The topological polar surface area (TPSA) is 139 Å². The molecule has 2 aliphatic heterocycles. The van der Waals surface area contributed by atoms with E-state index in [9.17, 15) is 9.59 Å². The molecule has 2 spiro atoms. The molecule has 4 aromatic rings. The monoisotopic (exact) mass is 832 g/mol. The fourth-order valence-corrected chi connectivity index (χ4v) is 8.37. The summed E-state index contributed by atoms with van der Waals surface area (Å²) in [6.45, 7) is 4.99. The summed E-state index contributed by atoms with van der Waals surface area (Å²) >= 11 is 0. The molecule has 0 bridgehead atoms. The third kappa shape index (κ3) is 8.42. The highest BCUT2D eigenvalue weighted by Gasteiger charge is 2.52. The average Bonchev–Trinajstić information content (AvgIpc) is 4.18. The Balaban J connectivity index is 0.711. The number of halogens is 2. The number of rotatable bonds is 9. The van der Waals surface area contributed by atoms with Crippen LogP contribution in [0, 0.1) is 76.7 Å². The number of aryl methyl sites for hydroxylation is 1. The van der Waals surface area contributed by atoms with Gasteiger partial charge in [0, 0.05) is 47.9 Å². The molecule has 316 valence electrons. The number of amides is 2. The van der Waals surface area contributed by atoms with Crippen molar-refractivity contribution in [3.63, 3.8) is 0 Å². The van der Waals surface area contributed by atoms with E-state index in [2.05, 4.69) is 44.3 Å². The number of nitrogens with zero attached hydrogens (tertiary/aromatic N) is 8. The van der Waals surface area contributed by atoms with Crippen molar-refractivity contribution in [2.24, 2.45) is 34.5 Å². The van der Waals surface area contributed by atoms with Crippen LogP contribution in [0.5, 0.6) is 0 Å². The standard InChI is InChI=1S/C45H46F2N8O6/c1-27-14-29(15-35(47)41(27)53(3)43(57)37-20-55(51-49-37)22-40-60-25-45(12-13-45)26-61-40)5-8-31-18-33(31)32-17-30(32)7-4-28-6-9-34(46)38(16-28)52(2)42(56)36-19-54(50-48-36)21-39-58-23-44(10-11-44)24-59-39/h6,9,14-16,19-20,30-33,39-40H,10-13,17-18,21-26H2,1-3H3. The molecule has 16 heteroatoms. The molecular weight excluding hydrogens is 787 g/mol. The quantitative estimate of drug-likeness (QED) is 0.212. The maximum atomic E-state index is 15.5. The summed E-state index contributed by atoms with van der Waals surface area (Å²) in [7, 11) is 3.01. The van der Waals surface area contributed by atoms with Crippen LogP contribution in [0.1, 0.15) is 76.2 Å². The SMILES string of the molecule is Cc1cc(C#CC2CC2C2CC2C#Cc2ccc(F)c(N(C)C(=O)c3cn(CC4OCC5(CC5)CO4)nn3)c2)cc(F)c1N(C)C(=O)c1cn(CC2OCC3(CC3)CO2)nn1. The van der Waals surface area contributed by atoms with Crippen molar-refractivity contribution in [1.29, 1.82) is 0 Å². The molecule has 6 aliphatic rings. The Hall–Kier alpha value is -5.52. The minimum Gasteiger partial charge on any atom is -0.350 e. The molecule has 10 rings (SSSR count). The minimum absolute atomic E-state index is 0.0776. The second kappa shape index (κ2) is 15.4. The molecule has 2 amide bonds. The number of carbonyl (C=O) groups excluding carboxylic acids is 2. The Labute approximate surface area is 351 Å². The molecule has 4 saturated carbocycles. The van der Waals surface area contributed by atoms with Gasteiger partial charge in [0.25, 0.3) is 11.8 Å². The molecular formula is C45H46F2N8O6. The highest BCUT2D eigenvalue weighted by atomic mass is 19.1. The number of ether oxygens (including phenoxy) is 4. The number of benzene rings is 2. The van der Waals surface area contributed by atoms with E-state index in [4.69, 9.17) is 18.9 Å². The zero-order valence-electron chi connectivity index (χ0n) is 34.3. The van der Waals surface area contributed by atoms with Crippen LogP contribution in [0.2, 0.25) is 0 Å². The summed E-state index contributed by atoms with van der Waals surface area (Å²) in [6, 6.07) is 7.64. The maximum absolute atomic E-state index is 15.5. The first-order valence-corrected chi connectivity index (χ1v) is 20.9. The van der Waals surface area contributed by atoms with Gasteiger partial charge in [-0.05, 0) is 93.2 Å². The molecule has 0 N–H and O–H groups in total. The van der Waals surface area contributed by atoms with E-state index in [0.29, 0.717) is 68.0 Å². The lowest BCUT2D eigenvalue weighted by Crippen LogP contribution is -2.36. The highest BCUT2D eigenvalue weighted by Crippen LogP contribution is 2.57.